The summed E-state index contributed by atoms with van der Waals surface area (Å²) < 4.78 is 0. The van der Waals surface area contributed by atoms with Crippen LogP contribution in [0.4, 0.5) is 0 Å². The molecule has 0 aromatic heterocycles. The molecule has 2 aliphatic rings. The number of aliphatic hydroxyl groups is 1. The number of nitrogens with zero attached hydrogens (tertiary/aromatic N) is 1. The molecule has 1 aliphatic carbocycles. The quantitative estimate of drug-likeness (QED) is 0.642. The van der Waals surface area contributed by atoms with Gasteiger partial charge in [-0.1, -0.05) is 19.3 Å². The third-order valence-corrected chi connectivity index (χ3v) is 3.44. The Morgan fingerprint density at radius 3 is 2.33 bits per heavy atom. The summed E-state index contributed by atoms with van der Waals surface area (Å²) >= 11 is 0. The van der Waals surface area contributed by atoms with E-state index in [1.165, 1.54) is 13.3 Å². The number of rotatable bonds is 1. The Morgan fingerprint density at radius 2 is 1.87 bits per heavy atom. The number of likely N-dealkylation sites (tertiary alicyclic amines) is 1. The van der Waals surface area contributed by atoms with Crippen molar-refractivity contribution >= 4 is 11.7 Å². The number of amides is 1. The van der Waals surface area contributed by atoms with E-state index >= 15 is 0 Å². The molecule has 1 N–H and O–H groups in total. The van der Waals surface area contributed by atoms with Crippen molar-refractivity contribution in [1.82, 2.24) is 4.90 Å². The zero-order chi connectivity index (χ0) is 11.1. The van der Waals surface area contributed by atoms with Crippen LogP contribution in [0.25, 0.3) is 0 Å². The van der Waals surface area contributed by atoms with Crippen LogP contribution in [0.5, 0.6) is 0 Å². The maximum atomic E-state index is 11.6. The van der Waals surface area contributed by atoms with E-state index < -0.39 is 17.3 Å². The second kappa shape index (κ2) is 3.59. The molecule has 4 heteroatoms. The fourth-order valence-corrected chi connectivity index (χ4v) is 2.52. The molecule has 15 heavy (non-hydrogen) atoms. The number of hydrogen-bond acceptors (Lipinski definition) is 3. The van der Waals surface area contributed by atoms with Crippen LogP contribution in [0, 0.1) is 0 Å². The molecule has 0 spiro atoms. The van der Waals surface area contributed by atoms with Crippen LogP contribution in [0.1, 0.15) is 39.0 Å². The Morgan fingerprint density at radius 1 is 1.27 bits per heavy atom. The highest BCUT2D eigenvalue weighted by molar-refractivity contribution is 6.41. The highest BCUT2D eigenvalue weighted by Crippen LogP contribution is 2.28. The Kier molecular flexibility index (Phi) is 2.54. The first kappa shape index (κ1) is 10.6. The van der Waals surface area contributed by atoms with Gasteiger partial charge in [-0.3, -0.25) is 9.59 Å². The van der Waals surface area contributed by atoms with Crippen LogP contribution in [-0.2, 0) is 9.59 Å². The van der Waals surface area contributed by atoms with E-state index in [-0.39, 0.29) is 12.6 Å². The molecule has 0 aromatic carbocycles. The first-order valence-electron chi connectivity index (χ1n) is 5.60. The maximum Gasteiger partial charge on any atom is 0.293 e. The van der Waals surface area contributed by atoms with E-state index in [4.69, 9.17) is 0 Å². The predicted molar refractivity (Wildman–Crippen MR) is 54.2 cm³/mol. The highest BCUT2D eigenvalue weighted by atomic mass is 16.3. The van der Waals surface area contributed by atoms with E-state index in [1.54, 1.807) is 4.90 Å². The summed E-state index contributed by atoms with van der Waals surface area (Å²) in [6.07, 6.45) is 5.38. The molecular formula is C11H17NO3. The van der Waals surface area contributed by atoms with Gasteiger partial charge in [0.1, 0.15) is 5.60 Å². The number of carbonyl (C=O) groups excluding carboxylic acids is 2. The lowest BCUT2D eigenvalue weighted by Crippen LogP contribution is -2.39. The molecule has 0 aromatic rings. The molecule has 0 radical (unpaired) electrons. The van der Waals surface area contributed by atoms with Crippen molar-refractivity contribution in [3.63, 3.8) is 0 Å². The molecular weight excluding hydrogens is 194 g/mol. The number of ketones is 1. The molecule has 4 nitrogen and oxygen atoms in total. The van der Waals surface area contributed by atoms with Gasteiger partial charge in [-0.15, -0.1) is 0 Å². The first-order valence-corrected chi connectivity index (χ1v) is 5.60. The van der Waals surface area contributed by atoms with Crippen LogP contribution in [0.2, 0.25) is 0 Å². The van der Waals surface area contributed by atoms with Gasteiger partial charge in [0.05, 0.1) is 6.54 Å². The summed E-state index contributed by atoms with van der Waals surface area (Å²) in [5.74, 6) is -1.14. The second-order valence-electron chi connectivity index (χ2n) is 4.83. The minimum absolute atomic E-state index is 0.171. The summed E-state index contributed by atoms with van der Waals surface area (Å²) in [7, 11) is 0. The molecule has 0 bridgehead atoms. The Bertz CT molecular complexity index is 292. The molecule has 1 saturated carbocycles. The van der Waals surface area contributed by atoms with Crippen molar-refractivity contribution in [2.75, 3.05) is 6.54 Å². The van der Waals surface area contributed by atoms with Crippen molar-refractivity contribution in [2.45, 2.75) is 50.7 Å². The molecule has 1 saturated heterocycles. The summed E-state index contributed by atoms with van der Waals surface area (Å²) in [5, 5.41) is 9.72. The third kappa shape index (κ3) is 1.78. The minimum atomic E-state index is -1.46. The van der Waals surface area contributed by atoms with E-state index in [2.05, 4.69) is 0 Å². The normalized spacial score (nSPS) is 33.9. The maximum absolute atomic E-state index is 11.6. The number of hydrogen-bond donors (Lipinski definition) is 1. The van der Waals surface area contributed by atoms with Crippen molar-refractivity contribution in [3.8, 4) is 0 Å². The lowest BCUT2D eigenvalue weighted by Gasteiger charge is -2.30. The van der Waals surface area contributed by atoms with Crippen molar-refractivity contribution in [1.29, 1.82) is 0 Å². The minimum Gasteiger partial charge on any atom is -0.380 e. The third-order valence-electron chi connectivity index (χ3n) is 3.44. The van der Waals surface area contributed by atoms with Gasteiger partial charge in [-0.05, 0) is 19.8 Å². The molecule has 1 atom stereocenters. The van der Waals surface area contributed by atoms with Gasteiger partial charge in [0, 0.05) is 6.04 Å². The molecule has 2 rings (SSSR count). The molecule has 1 heterocycles. The van der Waals surface area contributed by atoms with Gasteiger partial charge in [-0.25, -0.2) is 0 Å². The van der Waals surface area contributed by atoms with E-state index in [0.29, 0.717) is 0 Å². The van der Waals surface area contributed by atoms with Crippen molar-refractivity contribution in [3.05, 3.63) is 0 Å². The van der Waals surface area contributed by atoms with E-state index in [9.17, 15) is 14.7 Å². The molecule has 1 unspecified atom stereocenters. The van der Waals surface area contributed by atoms with E-state index in [0.717, 1.165) is 25.7 Å². The average molecular weight is 211 g/mol. The summed E-state index contributed by atoms with van der Waals surface area (Å²) in [5.41, 5.74) is -1.46. The summed E-state index contributed by atoms with van der Waals surface area (Å²) in [6.45, 7) is 1.60. The Hall–Kier alpha value is -0.900. The zero-order valence-electron chi connectivity index (χ0n) is 9.03. The highest BCUT2D eigenvalue weighted by Gasteiger charge is 2.49. The van der Waals surface area contributed by atoms with Crippen molar-refractivity contribution < 1.29 is 14.7 Å². The first-order chi connectivity index (χ1) is 7.02. The predicted octanol–water partition coefficient (Wildman–Crippen LogP) is 0.481. The standard InChI is InChI=1S/C11H17NO3/c1-11(15)7-12(10(14)9(11)13)8-5-3-2-4-6-8/h8,15H,2-7H2,1H3. The van der Waals surface area contributed by atoms with Crippen LogP contribution >= 0.6 is 0 Å². The van der Waals surface area contributed by atoms with Crippen molar-refractivity contribution in [2.24, 2.45) is 0 Å². The number of β-amino-alcohol motifs (C(OH)–C–C–N with tert-alkyl or cyclic N) is 1. The van der Waals surface area contributed by atoms with Gasteiger partial charge >= 0.3 is 0 Å². The molecule has 1 amide bonds. The topological polar surface area (TPSA) is 57.6 Å². The van der Waals surface area contributed by atoms with Gasteiger partial charge < -0.3 is 10.0 Å². The fraction of sp³-hybridized carbons (Fsp3) is 0.818. The van der Waals surface area contributed by atoms with Crippen LogP contribution in [0.3, 0.4) is 0 Å². The average Bonchev–Trinajstić information content (AvgIpc) is 2.44. The van der Waals surface area contributed by atoms with Gasteiger partial charge in [0.2, 0.25) is 0 Å². The van der Waals surface area contributed by atoms with Gasteiger partial charge in [0.25, 0.3) is 11.7 Å². The summed E-state index contributed by atoms with van der Waals surface area (Å²) in [6, 6.07) is 0.171. The fourth-order valence-electron chi connectivity index (χ4n) is 2.52. The van der Waals surface area contributed by atoms with E-state index in [1.807, 2.05) is 0 Å². The zero-order valence-corrected chi connectivity index (χ0v) is 9.03. The van der Waals surface area contributed by atoms with Crippen LogP contribution in [-0.4, -0.2) is 39.9 Å². The SMILES string of the molecule is CC1(O)CN(C2CCCCC2)C(=O)C1=O. The lowest BCUT2D eigenvalue weighted by atomic mass is 9.94. The van der Waals surface area contributed by atoms with Gasteiger partial charge in [0.15, 0.2) is 0 Å². The smallest absolute Gasteiger partial charge is 0.293 e. The monoisotopic (exact) mass is 211 g/mol. The Labute approximate surface area is 89.3 Å². The van der Waals surface area contributed by atoms with Gasteiger partial charge in [-0.2, -0.15) is 0 Å². The van der Waals surface area contributed by atoms with Crippen LogP contribution < -0.4 is 0 Å². The second-order valence-corrected chi connectivity index (χ2v) is 4.83. The molecule has 1 aliphatic heterocycles. The largest absolute Gasteiger partial charge is 0.380 e. The lowest BCUT2D eigenvalue weighted by molar-refractivity contribution is -0.145. The summed E-state index contributed by atoms with van der Waals surface area (Å²) in [4.78, 5) is 24.6. The number of Topliss-reactive ketones (excluding diaryl/α,β-unsaturated/α-hetero) is 1. The molecule has 2 fully saturated rings. The van der Waals surface area contributed by atoms with Crippen LogP contribution in [0.15, 0.2) is 0 Å². The molecule has 84 valence electrons. The Balaban J connectivity index is 2.11. The number of carbonyl (C=O) groups is 2.